The van der Waals surface area contributed by atoms with Gasteiger partial charge in [-0.15, -0.1) is 0 Å². The number of hydrogen-bond donors (Lipinski definition) is 0. The molecule has 0 fully saturated rings. The van der Waals surface area contributed by atoms with Crippen molar-refractivity contribution in [3.63, 3.8) is 0 Å². The van der Waals surface area contributed by atoms with Crippen LogP contribution in [0, 0.1) is 0 Å². The Balaban J connectivity index is 2.79. The third-order valence-corrected chi connectivity index (χ3v) is 1.49. The Hall–Kier alpha value is -1.24. The molecule has 1 heteroatoms. The highest BCUT2D eigenvalue weighted by atomic mass is 16.5. The van der Waals surface area contributed by atoms with Crippen LogP contribution in [0.3, 0.4) is 0 Å². The van der Waals surface area contributed by atoms with Gasteiger partial charge >= 0.3 is 0 Å². The Kier molecular flexibility index (Phi) is 2.73. The summed E-state index contributed by atoms with van der Waals surface area (Å²) in [5.41, 5.74) is 1.17. The van der Waals surface area contributed by atoms with Crippen molar-refractivity contribution in [2.45, 2.75) is 6.92 Å². The number of hydrogen-bond acceptors (Lipinski definition) is 1. The van der Waals surface area contributed by atoms with Crippen LogP contribution >= 0.6 is 0 Å². The summed E-state index contributed by atoms with van der Waals surface area (Å²) in [6.45, 7) is 1.94. The zero-order valence-corrected chi connectivity index (χ0v) is 6.87. The molecule has 11 heavy (non-hydrogen) atoms. The second kappa shape index (κ2) is 3.81. The van der Waals surface area contributed by atoms with E-state index in [-0.39, 0.29) is 0 Å². The van der Waals surface area contributed by atoms with Gasteiger partial charge in [-0.2, -0.15) is 0 Å². The minimum absolute atomic E-state index is 0.927. The van der Waals surface area contributed by atoms with E-state index in [1.165, 1.54) is 5.56 Å². The second-order valence-electron chi connectivity index (χ2n) is 2.37. The van der Waals surface area contributed by atoms with E-state index >= 15 is 0 Å². The van der Waals surface area contributed by atoms with E-state index in [0.29, 0.717) is 0 Å². The maximum absolute atomic E-state index is 5.02. The first-order valence-electron chi connectivity index (χ1n) is 3.60. The molecule has 58 valence electrons. The monoisotopic (exact) mass is 148 g/mol. The van der Waals surface area contributed by atoms with Gasteiger partial charge in [0.05, 0.1) is 12.9 Å². The molecule has 0 bridgehead atoms. The summed E-state index contributed by atoms with van der Waals surface area (Å²) in [6, 6.07) is 10.1. The molecule has 0 atom stereocenters. The molecular formula is C10H12O. The normalized spacial score (nSPS) is 11.3. The average Bonchev–Trinajstić information content (AvgIpc) is 2.06. The molecule has 0 aliphatic rings. The maximum atomic E-state index is 5.02. The van der Waals surface area contributed by atoms with Crippen LogP contribution in [-0.4, -0.2) is 7.11 Å². The average molecular weight is 148 g/mol. The summed E-state index contributed by atoms with van der Waals surface area (Å²) in [6.07, 6.45) is 2.00. The molecule has 1 nitrogen and oxygen atoms in total. The number of ether oxygens (including phenoxy) is 1. The van der Waals surface area contributed by atoms with Crippen molar-refractivity contribution >= 4 is 6.08 Å². The molecule has 1 aromatic carbocycles. The minimum Gasteiger partial charge on any atom is -0.501 e. The first kappa shape index (κ1) is 7.86. The molecule has 0 aliphatic carbocycles. The van der Waals surface area contributed by atoms with Crippen molar-refractivity contribution in [1.82, 2.24) is 0 Å². The highest BCUT2D eigenvalue weighted by Gasteiger charge is 1.86. The van der Waals surface area contributed by atoms with Crippen LogP contribution in [0.1, 0.15) is 12.5 Å². The lowest BCUT2D eigenvalue weighted by atomic mass is 10.2. The summed E-state index contributed by atoms with van der Waals surface area (Å²) in [5, 5.41) is 0. The number of methoxy groups -OCH3 is 1. The first-order valence-corrected chi connectivity index (χ1v) is 3.60. The second-order valence-corrected chi connectivity index (χ2v) is 2.37. The lowest BCUT2D eigenvalue weighted by Crippen LogP contribution is -1.78. The standard InChI is InChI=1S/C10H12O/c1-9(11-2)8-10-6-4-3-5-7-10/h3-8H,1-2H3/b9-8+. The largest absolute Gasteiger partial charge is 0.501 e. The predicted molar refractivity (Wildman–Crippen MR) is 47.1 cm³/mol. The molecule has 0 N–H and O–H groups in total. The van der Waals surface area contributed by atoms with Gasteiger partial charge in [0.25, 0.3) is 0 Å². The van der Waals surface area contributed by atoms with Crippen LogP contribution < -0.4 is 0 Å². The van der Waals surface area contributed by atoms with Crippen molar-refractivity contribution in [2.24, 2.45) is 0 Å². The van der Waals surface area contributed by atoms with Gasteiger partial charge in [-0.05, 0) is 18.6 Å². The van der Waals surface area contributed by atoms with Crippen LogP contribution in [-0.2, 0) is 4.74 Å². The van der Waals surface area contributed by atoms with Crippen LogP contribution in [0.25, 0.3) is 6.08 Å². The van der Waals surface area contributed by atoms with E-state index in [1.807, 2.05) is 43.3 Å². The highest BCUT2D eigenvalue weighted by molar-refractivity contribution is 5.50. The fourth-order valence-corrected chi connectivity index (χ4v) is 0.843. The van der Waals surface area contributed by atoms with E-state index in [0.717, 1.165) is 5.76 Å². The van der Waals surface area contributed by atoms with Gasteiger partial charge in [-0.3, -0.25) is 0 Å². The van der Waals surface area contributed by atoms with Crippen molar-refractivity contribution in [2.75, 3.05) is 7.11 Å². The quantitative estimate of drug-likeness (QED) is 0.586. The summed E-state index contributed by atoms with van der Waals surface area (Å²) in [4.78, 5) is 0. The van der Waals surface area contributed by atoms with Gasteiger partial charge < -0.3 is 4.74 Å². The summed E-state index contributed by atoms with van der Waals surface area (Å²) in [7, 11) is 1.68. The van der Waals surface area contributed by atoms with E-state index < -0.39 is 0 Å². The number of rotatable bonds is 2. The third kappa shape index (κ3) is 2.46. The van der Waals surface area contributed by atoms with Crippen molar-refractivity contribution in [3.8, 4) is 0 Å². The third-order valence-electron chi connectivity index (χ3n) is 1.49. The van der Waals surface area contributed by atoms with Gasteiger partial charge in [-0.1, -0.05) is 30.3 Å². The molecule has 0 radical (unpaired) electrons. The molecule has 0 saturated heterocycles. The Bertz CT molecular complexity index is 236. The minimum atomic E-state index is 0.927. The number of allylic oxidation sites excluding steroid dienone is 1. The fourth-order valence-electron chi connectivity index (χ4n) is 0.843. The van der Waals surface area contributed by atoms with Crippen LogP contribution in [0.5, 0.6) is 0 Å². The van der Waals surface area contributed by atoms with Crippen LogP contribution in [0.15, 0.2) is 36.1 Å². The zero-order valence-electron chi connectivity index (χ0n) is 6.87. The van der Waals surface area contributed by atoms with Crippen molar-refractivity contribution in [3.05, 3.63) is 41.7 Å². The first-order chi connectivity index (χ1) is 5.33. The van der Waals surface area contributed by atoms with Crippen molar-refractivity contribution in [1.29, 1.82) is 0 Å². The molecule has 1 rings (SSSR count). The maximum Gasteiger partial charge on any atom is 0.0930 e. The molecule has 1 aromatic rings. The van der Waals surface area contributed by atoms with E-state index in [4.69, 9.17) is 4.74 Å². The van der Waals surface area contributed by atoms with Gasteiger partial charge in [0.15, 0.2) is 0 Å². The lowest BCUT2D eigenvalue weighted by molar-refractivity contribution is 0.297. The van der Waals surface area contributed by atoms with E-state index in [2.05, 4.69) is 0 Å². The van der Waals surface area contributed by atoms with Gasteiger partial charge in [0.2, 0.25) is 0 Å². The number of benzene rings is 1. The molecule has 0 aromatic heterocycles. The zero-order chi connectivity index (χ0) is 8.10. The smallest absolute Gasteiger partial charge is 0.0930 e. The summed E-state index contributed by atoms with van der Waals surface area (Å²) < 4.78 is 5.02. The molecule has 0 spiro atoms. The van der Waals surface area contributed by atoms with Gasteiger partial charge in [-0.25, -0.2) is 0 Å². The predicted octanol–water partition coefficient (Wildman–Crippen LogP) is 2.69. The van der Waals surface area contributed by atoms with Crippen molar-refractivity contribution < 1.29 is 4.74 Å². The van der Waals surface area contributed by atoms with Crippen LogP contribution in [0.2, 0.25) is 0 Å². The summed E-state index contributed by atoms with van der Waals surface area (Å²) >= 11 is 0. The van der Waals surface area contributed by atoms with Gasteiger partial charge in [0.1, 0.15) is 0 Å². The fraction of sp³-hybridized carbons (Fsp3) is 0.200. The Morgan fingerprint density at radius 1 is 1.27 bits per heavy atom. The van der Waals surface area contributed by atoms with Gasteiger partial charge in [0, 0.05) is 0 Å². The molecule has 0 saturated carbocycles. The lowest BCUT2D eigenvalue weighted by Gasteiger charge is -1.97. The van der Waals surface area contributed by atoms with Crippen LogP contribution in [0.4, 0.5) is 0 Å². The molecule has 0 heterocycles. The van der Waals surface area contributed by atoms with E-state index in [9.17, 15) is 0 Å². The van der Waals surface area contributed by atoms with E-state index in [1.54, 1.807) is 7.11 Å². The molecule has 0 aliphatic heterocycles. The molecule has 0 unspecified atom stereocenters. The Morgan fingerprint density at radius 3 is 2.45 bits per heavy atom. The Labute approximate surface area is 67.3 Å². The molecular weight excluding hydrogens is 136 g/mol. The summed E-state index contributed by atoms with van der Waals surface area (Å²) in [5.74, 6) is 0.927. The Morgan fingerprint density at radius 2 is 1.91 bits per heavy atom. The SMILES string of the molecule is CO/C(C)=C/c1ccccc1. The topological polar surface area (TPSA) is 9.23 Å². The highest BCUT2D eigenvalue weighted by Crippen LogP contribution is 2.05. The molecule has 0 amide bonds.